The van der Waals surface area contributed by atoms with Crippen molar-refractivity contribution < 1.29 is 14.6 Å². The van der Waals surface area contributed by atoms with Gasteiger partial charge in [-0.15, -0.1) is 0 Å². The van der Waals surface area contributed by atoms with Crippen LogP contribution in [0.1, 0.15) is 32.6 Å². The first-order chi connectivity index (χ1) is 6.06. The van der Waals surface area contributed by atoms with Crippen LogP contribution in [0.2, 0.25) is 0 Å². The van der Waals surface area contributed by atoms with Crippen LogP contribution >= 0.6 is 0 Å². The Morgan fingerprint density at radius 1 is 1.77 bits per heavy atom. The molecule has 0 aromatic carbocycles. The molecule has 0 saturated heterocycles. The lowest BCUT2D eigenvalue weighted by molar-refractivity contribution is -0.160. The number of methoxy groups -OCH3 is 1. The minimum atomic E-state index is -1.36. The van der Waals surface area contributed by atoms with E-state index in [1.54, 1.807) is 0 Å². The highest BCUT2D eigenvalue weighted by atomic mass is 16.5. The van der Waals surface area contributed by atoms with E-state index in [1.165, 1.54) is 14.0 Å². The summed E-state index contributed by atoms with van der Waals surface area (Å²) in [5, 5.41) is 9.73. The first-order valence-corrected chi connectivity index (χ1v) is 4.55. The van der Waals surface area contributed by atoms with Crippen LogP contribution in [0.5, 0.6) is 0 Å². The summed E-state index contributed by atoms with van der Waals surface area (Å²) >= 11 is 0. The van der Waals surface area contributed by atoms with Crippen molar-refractivity contribution in [1.29, 1.82) is 0 Å². The molecule has 0 aromatic rings. The molecule has 0 fully saturated rings. The van der Waals surface area contributed by atoms with Crippen molar-refractivity contribution in [3.63, 3.8) is 0 Å². The molecule has 3 nitrogen and oxygen atoms in total. The van der Waals surface area contributed by atoms with E-state index in [0.29, 0.717) is 6.42 Å². The third-order valence-electron chi connectivity index (χ3n) is 2.33. The highest BCUT2D eigenvalue weighted by molar-refractivity contribution is 5.79. The Morgan fingerprint density at radius 2 is 2.46 bits per heavy atom. The Balaban J connectivity index is 2.55. The molecule has 0 spiro atoms. The van der Waals surface area contributed by atoms with E-state index in [2.05, 4.69) is 10.8 Å². The second kappa shape index (κ2) is 3.92. The highest BCUT2D eigenvalue weighted by Crippen LogP contribution is 2.26. The van der Waals surface area contributed by atoms with Crippen molar-refractivity contribution >= 4 is 5.97 Å². The molecular formula is C10H16O3. The van der Waals surface area contributed by atoms with Gasteiger partial charge >= 0.3 is 5.97 Å². The van der Waals surface area contributed by atoms with Gasteiger partial charge in [-0.25, -0.2) is 4.79 Å². The lowest BCUT2D eigenvalue weighted by atomic mass is 9.96. The summed E-state index contributed by atoms with van der Waals surface area (Å²) in [7, 11) is 1.29. The molecule has 1 N–H and O–H groups in total. The number of carbonyl (C=O) groups is 1. The monoisotopic (exact) mass is 184 g/mol. The molecule has 74 valence electrons. The van der Waals surface area contributed by atoms with Crippen molar-refractivity contribution in [2.75, 3.05) is 7.11 Å². The number of hydrogen-bond acceptors (Lipinski definition) is 3. The Morgan fingerprint density at radius 3 is 2.92 bits per heavy atom. The fraction of sp³-hybridized carbons (Fsp3) is 0.700. The van der Waals surface area contributed by atoms with E-state index in [-0.39, 0.29) is 0 Å². The first-order valence-electron chi connectivity index (χ1n) is 4.55. The molecular weight excluding hydrogens is 168 g/mol. The molecule has 1 aliphatic rings. The fourth-order valence-electron chi connectivity index (χ4n) is 1.63. The summed E-state index contributed by atoms with van der Waals surface area (Å²) in [6.45, 7) is 1.50. The summed E-state index contributed by atoms with van der Waals surface area (Å²) in [5.41, 5.74) is -0.194. The van der Waals surface area contributed by atoms with E-state index in [1.807, 2.05) is 0 Å². The van der Waals surface area contributed by atoms with Gasteiger partial charge in [0.25, 0.3) is 0 Å². The van der Waals surface area contributed by atoms with Crippen LogP contribution in [-0.4, -0.2) is 23.8 Å². The second-order valence-electron chi connectivity index (χ2n) is 3.70. The zero-order valence-corrected chi connectivity index (χ0v) is 8.17. The Hall–Kier alpha value is -0.830. The highest BCUT2D eigenvalue weighted by Gasteiger charge is 2.32. The smallest absolute Gasteiger partial charge is 0.337 e. The molecule has 0 unspecified atom stereocenters. The lowest BCUT2D eigenvalue weighted by Gasteiger charge is -2.20. The van der Waals surface area contributed by atoms with E-state index >= 15 is 0 Å². The zero-order chi connectivity index (χ0) is 9.90. The van der Waals surface area contributed by atoms with Crippen LogP contribution in [0.3, 0.4) is 0 Å². The second-order valence-corrected chi connectivity index (χ2v) is 3.70. The van der Waals surface area contributed by atoms with Crippen LogP contribution in [0, 0.1) is 0 Å². The molecule has 0 saturated carbocycles. The summed E-state index contributed by atoms with van der Waals surface area (Å²) in [4.78, 5) is 11.1. The first kappa shape index (κ1) is 10.3. The van der Waals surface area contributed by atoms with Crippen molar-refractivity contribution in [3.05, 3.63) is 11.6 Å². The molecule has 13 heavy (non-hydrogen) atoms. The minimum Gasteiger partial charge on any atom is -0.467 e. The van der Waals surface area contributed by atoms with Gasteiger partial charge in [0, 0.05) is 6.42 Å². The topological polar surface area (TPSA) is 46.5 Å². The van der Waals surface area contributed by atoms with E-state index in [9.17, 15) is 9.90 Å². The number of ether oxygens (including phenoxy) is 1. The largest absolute Gasteiger partial charge is 0.467 e. The summed E-state index contributed by atoms with van der Waals surface area (Å²) in [6, 6.07) is 0. The van der Waals surface area contributed by atoms with E-state index < -0.39 is 11.6 Å². The van der Waals surface area contributed by atoms with Crippen LogP contribution < -0.4 is 0 Å². The maximum absolute atomic E-state index is 11.1. The van der Waals surface area contributed by atoms with E-state index in [0.717, 1.165) is 24.8 Å². The molecule has 0 aliphatic heterocycles. The lowest BCUT2D eigenvalue weighted by Crippen LogP contribution is -2.36. The molecule has 1 rings (SSSR count). The maximum Gasteiger partial charge on any atom is 0.337 e. The van der Waals surface area contributed by atoms with Gasteiger partial charge in [0.15, 0.2) is 5.60 Å². The number of carbonyl (C=O) groups excluding carboxylic acids is 1. The molecule has 0 bridgehead atoms. The Bertz CT molecular complexity index is 228. The molecule has 0 radical (unpaired) electrons. The summed E-state index contributed by atoms with van der Waals surface area (Å²) < 4.78 is 4.51. The number of rotatable bonds is 3. The third kappa shape index (κ3) is 2.56. The number of aliphatic hydroxyl groups is 1. The quantitative estimate of drug-likeness (QED) is 0.533. The van der Waals surface area contributed by atoms with Gasteiger partial charge in [0.1, 0.15) is 0 Å². The van der Waals surface area contributed by atoms with Gasteiger partial charge in [-0.2, -0.15) is 0 Å². The van der Waals surface area contributed by atoms with Gasteiger partial charge < -0.3 is 9.84 Å². The predicted molar refractivity (Wildman–Crippen MR) is 49.2 cm³/mol. The molecule has 1 aliphatic carbocycles. The standard InChI is InChI=1S/C10H16O3/c1-10(12,9(11)13-2)7-8-5-3-4-6-8/h5,12H,3-4,6-7H2,1-2H3/t10-/m0/s1. The van der Waals surface area contributed by atoms with Crippen molar-refractivity contribution in [3.8, 4) is 0 Å². The average molecular weight is 184 g/mol. The van der Waals surface area contributed by atoms with Crippen molar-refractivity contribution in [1.82, 2.24) is 0 Å². The Kier molecular flexibility index (Phi) is 3.09. The Labute approximate surface area is 78.4 Å². The van der Waals surface area contributed by atoms with Gasteiger partial charge in [-0.1, -0.05) is 11.6 Å². The van der Waals surface area contributed by atoms with Crippen LogP contribution in [-0.2, 0) is 9.53 Å². The molecule has 1 atom stereocenters. The predicted octanol–water partition coefficient (Wildman–Crippen LogP) is 1.41. The van der Waals surface area contributed by atoms with Crippen LogP contribution in [0.4, 0.5) is 0 Å². The zero-order valence-electron chi connectivity index (χ0n) is 8.17. The number of allylic oxidation sites excluding steroid dienone is 1. The van der Waals surface area contributed by atoms with E-state index in [4.69, 9.17) is 0 Å². The molecule has 0 amide bonds. The van der Waals surface area contributed by atoms with Crippen molar-refractivity contribution in [2.24, 2.45) is 0 Å². The van der Waals surface area contributed by atoms with Gasteiger partial charge in [0.2, 0.25) is 0 Å². The third-order valence-corrected chi connectivity index (χ3v) is 2.33. The fourth-order valence-corrected chi connectivity index (χ4v) is 1.63. The summed E-state index contributed by atoms with van der Waals surface area (Å²) in [5.74, 6) is -0.555. The van der Waals surface area contributed by atoms with Gasteiger partial charge in [-0.05, 0) is 26.2 Å². The molecule has 0 heterocycles. The summed E-state index contributed by atoms with van der Waals surface area (Å²) in [6.07, 6.45) is 5.68. The molecule has 0 aromatic heterocycles. The van der Waals surface area contributed by atoms with Crippen molar-refractivity contribution in [2.45, 2.75) is 38.2 Å². The number of hydrogen-bond donors (Lipinski definition) is 1. The van der Waals surface area contributed by atoms with Gasteiger partial charge in [0.05, 0.1) is 7.11 Å². The SMILES string of the molecule is COC(=O)[C@@](C)(O)CC1=CCCC1. The average Bonchev–Trinajstić information content (AvgIpc) is 2.54. The number of esters is 1. The van der Waals surface area contributed by atoms with Gasteiger partial charge in [-0.3, -0.25) is 0 Å². The van der Waals surface area contributed by atoms with Crippen LogP contribution in [0.15, 0.2) is 11.6 Å². The molecule has 3 heteroatoms. The van der Waals surface area contributed by atoms with Crippen LogP contribution in [0.25, 0.3) is 0 Å². The maximum atomic E-state index is 11.1. The minimum absolute atomic E-state index is 0.402. The normalized spacial score (nSPS) is 20.7.